The number of nitrogens with two attached hydrogens (primary N) is 1. The number of rotatable bonds is 4. The summed E-state index contributed by atoms with van der Waals surface area (Å²) in [5, 5.41) is 4.30. The minimum atomic E-state index is -3.55. The van der Waals surface area contributed by atoms with Gasteiger partial charge in [0.25, 0.3) is 0 Å². The van der Waals surface area contributed by atoms with E-state index >= 15 is 0 Å². The lowest BCUT2D eigenvalue weighted by Crippen LogP contribution is -2.48. The molecule has 2 aromatic rings. The summed E-state index contributed by atoms with van der Waals surface area (Å²) in [6, 6.07) is 0. The number of hydrogen-bond donors (Lipinski definition) is 1. The minimum absolute atomic E-state index is 0. The molecule has 0 spiro atoms. The van der Waals surface area contributed by atoms with Crippen LogP contribution in [0.15, 0.2) is 15.6 Å². The van der Waals surface area contributed by atoms with Gasteiger partial charge >= 0.3 is 0 Å². The highest BCUT2D eigenvalue weighted by molar-refractivity contribution is 7.89. The van der Waals surface area contributed by atoms with Crippen LogP contribution < -0.4 is 5.73 Å². The minimum Gasteiger partial charge on any atom is -0.375 e. The number of sulfonamides is 1. The van der Waals surface area contributed by atoms with Gasteiger partial charge in [-0.05, 0) is 13.8 Å². The van der Waals surface area contributed by atoms with E-state index in [2.05, 4.69) is 15.0 Å². The molecule has 0 radical (unpaired) electrons. The number of piperazine rings is 1. The highest BCUT2D eigenvalue weighted by Gasteiger charge is 2.33. The fourth-order valence-electron chi connectivity index (χ4n) is 2.72. The molecule has 0 unspecified atom stereocenters. The Labute approximate surface area is 151 Å². The van der Waals surface area contributed by atoms with Gasteiger partial charge in [-0.3, -0.25) is 4.90 Å². The standard InChI is InChI=1S/C13H19N5O3S2.ClH/c1-9-12(10(2)21-16-9)23(19,20)18-5-3-17(4-6-18)8-11-7-15-13(14)22-11;/h7H,3-6,8H2,1-2H3,(H2,14,15);1H. The summed E-state index contributed by atoms with van der Waals surface area (Å²) >= 11 is 1.46. The molecule has 134 valence electrons. The van der Waals surface area contributed by atoms with Crippen molar-refractivity contribution in [1.82, 2.24) is 19.3 Å². The zero-order valence-electron chi connectivity index (χ0n) is 13.4. The molecule has 3 heterocycles. The second kappa shape index (κ2) is 7.36. The zero-order chi connectivity index (χ0) is 16.6. The van der Waals surface area contributed by atoms with Gasteiger partial charge in [-0.1, -0.05) is 5.16 Å². The second-order valence-corrected chi connectivity index (χ2v) is 8.52. The Balaban J connectivity index is 0.00000208. The van der Waals surface area contributed by atoms with E-state index in [1.54, 1.807) is 20.0 Å². The molecule has 2 aromatic heterocycles. The lowest BCUT2D eigenvalue weighted by molar-refractivity contribution is 0.182. The summed E-state index contributed by atoms with van der Waals surface area (Å²) in [7, 11) is -3.55. The molecule has 0 atom stereocenters. The lowest BCUT2D eigenvalue weighted by atomic mass is 10.3. The Morgan fingerprint density at radius 3 is 2.46 bits per heavy atom. The van der Waals surface area contributed by atoms with Crippen LogP contribution in [0.5, 0.6) is 0 Å². The van der Waals surface area contributed by atoms with Crippen molar-refractivity contribution in [1.29, 1.82) is 0 Å². The number of aromatic nitrogens is 2. The van der Waals surface area contributed by atoms with Crippen molar-refractivity contribution in [3.8, 4) is 0 Å². The average molecular weight is 394 g/mol. The van der Waals surface area contributed by atoms with Gasteiger partial charge in [0.15, 0.2) is 10.9 Å². The quantitative estimate of drug-likeness (QED) is 0.833. The van der Waals surface area contributed by atoms with Gasteiger partial charge in [0.05, 0.1) is 0 Å². The number of thiazole rings is 1. The van der Waals surface area contributed by atoms with E-state index in [1.165, 1.54) is 15.6 Å². The molecular weight excluding hydrogens is 374 g/mol. The zero-order valence-corrected chi connectivity index (χ0v) is 15.9. The predicted octanol–water partition coefficient (Wildman–Crippen LogP) is 1.26. The van der Waals surface area contributed by atoms with Crippen molar-refractivity contribution >= 4 is 38.9 Å². The van der Waals surface area contributed by atoms with Crippen LogP contribution in [0.2, 0.25) is 0 Å². The van der Waals surface area contributed by atoms with Crippen molar-refractivity contribution in [2.75, 3.05) is 31.9 Å². The fraction of sp³-hybridized carbons (Fsp3) is 0.538. The molecule has 3 rings (SSSR count). The largest absolute Gasteiger partial charge is 0.375 e. The molecule has 11 heteroatoms. The first-order chi connectivity index (χ1) is 10.9. The lowest BCUT2D eigenvalue weighted by Gasteiger charge is -2.33. The molecule has 0 saturated carbocycles. The molecular formula is C13H20ClN5O3S2. The third kappa shape index (κ3) is 3.72. The summed E-state index contributed by atoms with van der Waals surface area (Å²) in [5.41, 5.74) is 6.04. The number of nitrogen functional groups attached to an aromatic ring is 1. The van der Waals surface area contributed by atoms with Gasteiger partial charge in [0.2, 0.25) is 10.0 Å². The van der Waals surface area contributed by atoms with Crippen LogP contribution in [-0.2, 0) is 16.6 Å². The van der Waals surface area contributed by atoms with Crippen LogP contribution in [0.3, 0.4) is 0 Å². The second-order valence-electron chi connectivity index (χ2n) is 5.50. The van der Waals surface area contributed by atoms with Crippen LogP contribution in [0.4, 0.5) is 5.13 Å². The monoisotopic (exact) mass is 393 g/mol. The Morgan fingerprint density at radius 2 is 1.96 bits per heavy atom. The van der Waals surface area contributed by atoms with Crippen LogP contribution in [-0.4, -0.2) is 53.9 Å². The first-order valence-electron chi connectivity index (χ1n) is 7.23. The van der Waals surface area contributed by atoms with Gasteiger partial charge in [0, 0.05) is 43.8 Å². The van der Waals surface area contributed by atoms with E-state index in [9.17, 15) is 8.42 Å². The predicted molar refractivity (Wildman–Crippen MR) is 93.8 cm³/mol. The molecule has 1 saturated heterocycles. The maximum Gasteiger partial charge on any atom is 0.248 e. The number of anilines is 1. The first-order valence-corrected chi connectivity index (χ1v) is 9.49. The molecule has 1 aliphatic rings. The molecule has 1 aliphatic heterocycles. The highest BCUT2D eigenvalue weighted by atomic mass is 35.5. The van der Waals surface area contributed by atoms with Crippen molar-refractivity contribution in [2.24, 2.45) is 0 Å². The van der Waals surface area contributed by atoms with Gasteiger partial charge in [-0.15, -0.1) is 23.7 Å². The van der Waals surface area contributed by atoms with Crippen LogP contribution in [0, 0.1) is 13.8 Å². The third-order valence-electron chi connectivity index (χ3n) is 3.85. The van der Waals surface area contributed by atoms with E-state index in [1.807, 2.05) is 0 Å². The highest BCUT2D eigenvalue weighted by Crippen LogP contribution is 2.25. The smallest absolute Gasteiger partial charge is 0.248 e. The molecule has 0 aliphatic carbocycles. The molecule has 8 nitrogen and oxygen atoms in total. The Hall–Kier alpha value is -1.20. The third-order valence-corrected chi connectivity index (χ3v) is 6.80. The molecule has 24 heavy (non-hydrogen) atoms. The number of hydrogen-bond acceptors (Lipinski definition) is 8. The number of nitrogens with zero attached hydrogens (tertiary/aromatic N) is 4. The van der Waals surface area contributed by atoms with Gasteiger partial charge in [-0.2, -0.15) is 4.31 Å². The van der Waals surface area contributed by atoms with Crippen molar-refractivity contribution in [2.45, 2.75) is 25.3 Å². The molecule has 0 aromatic carbocycles. The van der Waals surface area contributed by atoms with Gasteiger partial charge in [-0.25, -0.2) is 13.4 Å². The fourth-order valence-corrected chi connectivity index (χ4v) is 5.16. The summed E-state index contributed by atoms with van der Waals surface area (Å²) in [4.78, 5) is 7.52. The Morgan fingerprint density at radius 1 is 1.29 bits per heavy atom. The van der Waals surface area contributed by atoms with Crippen molar-refractivity contribution < 1.29 is 12.9 Å². The summed E-state index contributed by atoms with van der Waals surface area (Å²) in [5.74, 6) is 0.338. The summed E-state index contributed by atoms with van der Waals surface area (Å²) < 4.78 is 32.0. The van der Waals surface area contributed by atoms with Crippen LogP contribution in [0.1, 0.15) is 16.3 Å². The Kier molecular flexibility index (Phi) is 5.87. The Bertz CT molecular complexity index is 777. The van der Waals surface area contributed by atoms with Crippen LogP contribution in [0.25, 0.3) is 0 Å². The normalized spacial score (nSPS) is 16.9. The number of aryl methyl sites for hydroxylation is 2. The SMILES string of the molecule is Cc1noc(C)c1S(=O)(=O)N1CCN(Cc2cnc(N)s2)CC1.Cl. The average Bonchev–Trinajstić information content (AvgIpc) is 3.05. The summed E-state index contributed by atoms with van der Waals surface area (Å²) in [6.45, 7) is 6.24. The number of halogens is 1. The molecule has 0 bridgehead atoms. The van der Waals surface area contributed by atoms with E-state index in [4.69, 9.17) is 10.3 Å². The van der Waals surface area contributed by atoms with E-state index in [0.717, 1.165) is 11.4 Å². The first kappa shape index (κ1) is 19.1. The topological polar surface area (TPSA) is 106 Å². The van der Waals surface area contributed by atoms with E-state index in [-0.39, 0.29) is 17.3 Å². The van der Waals surface area contributed by atoms with Crippen molar-refractivity contribution in [3.05, 3.63) is 22.5 Å². The van der Waals surface area contributed by atoms with Gasteiger partial charge < -0.3 is 10.3 Å². The van der Waals surface area contributed by atoms with Crippen LogP contribution >= 0.6 is 23.7 Å². The molecule has 1 fully saturated rings. The summed E-state index contributed by atoms with van der Waals surface area (Å²) in [6.07, 6.45) is 1.77. The maximum absolute atomic E-state index is 12.7. The van der Waals surface area contributed by atoms with Gasteiger partial charge in [0.1, 0.15) is 10.6 Å². The van der Waals surface area contributed by atoms with E-state index < -0.39 is 10.0 Å². The molecule has 2 N–H and O–H groups in total. The van der Waals surface area contributed by atoms with E-state index in [0.29, 0.717) is 42.8 Å². The molecule has 0 amide bonds. The maximum atomic E-state index is 12.7. The van der Waals surface area contributed by atoms with Crippen molar-refractivity contribution in [3.63, 3.8) is 0 Å².